The molecule has 0 bridgehead atoms. The predicted molar refractivity (Wildman–Crippen MR) is 121 cm³/mol. The highest BCUT2D eigenvalue weighted by Gasteiger charge is 2.24. The summed E-state index contributed by atoms with van der Waals surface area (Å²) in [7, 11) is 0. The summed E-state index contributed by atoms with van der Waals surface area (Å²) in [4.78, 5) is 22.1. The van der Waals surface area contributed by atoms with Gasteiger partial charge in [-0.1, -0.05) is 35.3 Å². The minimum Gasteiger partial charge on any atom is -0.315 e. The number of amides is 1. The first-order valence-electron chi connectivity index (χ1n) is 9.69. The van der Waals surface area contributed by atoms with Crippen LogP contribution in [0.15, 0.2) is 42.7 Å². The van der Waals surface area contributed by atoms with Gasteiger partial charge >= 0.3 is 0 Å². The number of aromatic nitrogens is 3. The molecule has 1 amide bonds. The van der Waals surface area contributed by atoms with Crippen LogP contribution in [0.25, 0.3) is 16.1 Å². The summed E-state index contributed by atoms with van der Waals surface area (Å²) in [5.74, 6) is -2.35. The highest BCUT2D eigenvalue weighted by molar-refractivity contribution is 7.17. The van der Waals surface area contributed by atoms with Gasteiger partial charge in [0.1, 0.15) is 23.6 Å². The number of fused-ring (bicyclic) bond motifs is 3. The quantitative estimate of drug-likeness (QED) is 0.365. The lowest BCUT2D eigenvalue weighted by molar-refractivity contribution is 0.102. The van der Waals surface area contributed by atoms with Crippen molar-refractivity contribution >= 4 is 46.1 Å². The molecule has 1 aliphatic rings. The van der Waals surface area contributed by atoms with Crippen LogP contribution in [0.2, 0.25) is 10.3 Å². The van der Waals surface area contributed by atoms with E-state index < -0.39 is 23.2 Å². The Labute approximate surface area is 195 Å². The zero-order valence-electron chi connectivity index (χ0n) is 16.3. The maximum Gasteiger partial charge on any atom is 0.284 e. The average Bonchev–Trinajstić information content (AvgIpc) is 3.30. The van der Waals surface area contributed by atoms with Gasteiger partial charge < -0.3 is 5.32 Å². The molecular formula is C22H14Cl2F2N4OS. The molecule has 0 saturated carbocycles. The van der Waals surface area contributed by atoms with Gasteiger partial charge in [-0.25, -0.2) is 18.7 Å². The van der Waals surface area contributed by atoms with Crippen LogP contribution in [0.1, 0.15) is 27.5 Å². The first kappa shape index (κ1) is 21.1. The summed E-state index contributed by atoms with van der Waals surface area (Å²) < 4.78 is 29.6. The summed E-state index contributed by atoms with van der Waals surface area (Å²) in [6.07, 6.45) is 3.95. The standard InChI is InChI=1S/C22H14Cl2F2N4OS/c23-19-20(24)30(10-27-19)12-8-7-11-3-1-6-16-18(13(11)9-12)32-22(28-16)21(31)29-17-14(25)4-2-5-15(17)26/h2,4-5,7-10H,1,3,6H2,(H,29,31). The van der Waals surface area contributed by atoms with E-state index in [1.807, 2.05) is 18.2 Å². The van der Waals surface area contributed by atoms with Crippen LogP contribution in [-0.4, -0.2) is 20.4 Å². The number of halogens is 4. The Hall–Kier alpha value is -2.81. The lowest BCUT2D eigenvalue weighted by Crippen LogP contribution is -2.14. The molecule has 2 aromatic heterocycles. The minimum absolute atomic E-state index is 0.139. The Morgan fingerprint density at radius 2 is 1.91 bits per heavy atom. The first-order chi connectivity index (χ1) is 15.4. The number of carbonyl (C=O) groups excluding carboxylic acids is 1. The predicted octanol–water partition coefficient (Wildman–Crippen LogP) is 6.32. The molecule has 0 radical (unpaired) electrons. The highest BCUT2D eigenvalue weighted by atomic mass is 35.5. The van der Waals surface area contributed by atoms with Crippen LogP contribution in [0.5, 0.6) is 0 Å². The molecule has 162 valence electrons. The van der Waals surface area contributed by atoms with Crippen molar-refractivity contribution in [3.05, 3.63) is 80.9 Å². The lowest BCUT2D eigenvalue weighted by atomic mass is 10.0. The number of hydrogen-bond acceptors (Lipinski definition) is 4. The van der Waals surface area contributed by atoms with Crippen molar-refractivity contribution in [1.29, 1.82) is 0 Å². The molecule has 2 aromatic carbocycles. The smallest absolute Gasteiger partial charge is 0.284 e. The molecular weight excluding hydrogens is 477 g/mol. The number of para-hydroxylation sites is 1. The first-order valence-corrected chi connectivity index (χ1v) is 11.3. The van der Waals surface area contributed by atoms with Crippen LogP contribution in [0, 0.1) is 11.6 Å². The van der Waals surface area contributed by atoms with E-state index in [-0.39, 0.29) is 10.2 Å². The molecule has 10 heteroatoms. The van der Waals surface area contributed by atoms with Gasteiger partial charge in [0.25, 0.3) is 5.91 Å². The molecule has 2 heterocycles. The van der Waals surface area contributed by atoms with Crippen molar-refractivity contribution in [2.45, 2.75) is 19.3 Å². The zero-order chi connectivity index (χ0) is 22.4. The summed E-state index contributed by atoms with van der Waals surface area (Å²) in [6, 6.07) is 9.31. The monoisotopic (exact) mass is 490 g/mol. The average molecular weight is 491 g/mol. The molecule has 0 spiro atoms. The van der Waals surface area contributed by atoms with Gasteiger partial charge in [-0.3, -0.25) is 9.36 Å². The second kappa shape index (κ2) is 8.27. The molecule has 0 fully saturated rings. The SMILES string of the molecule is O=C(Nc1c(F)cccc1F)c1nc2c(s1)-c1cc(-n3cnc(Cl)c3Cl)ccc1CCC2. The van der Waals surface area contributed by atoms with Crippen LogP contribution in [-0.2, 0) is 12.8 Å². The fraction of sp³-hybridized carbons (Fsp3) is 0.136. The Bertz CT molecular complexity index is 1350. The normalized spacial score (nSPS) is 12.8. The number of nitrogens with one attached hydrogen (secondary N) is 1. The molecule has 1 N–H and O–H groups in total. The fourth-order valence-corrected chi connectivity index (χ4v) is 5.08. The van der Waals surface area contributed by atoms with Gasteiger partial charge in [-0.2, -0.15) is 0 Å². The molecule has 0 saturated heterocycles. The molecule has 5 nitrogen and oxygen atoms in total. The van der Waals surface area contributed by atoms with Gasteiger partial charge in [0.05, 0.1) is 10.6 Å². The number of imidazole rings is 1. The number of nitrogens with zero attached hydrogens (tertiary/aromatic N) is 3. The Kier molecular flexibility index (Phi) is 5.44. The topological polar surface area (TPSA) is 59.8 Å². The number of carbonyl (C=O) groups is 1. The molecule has 0 unspecified atom stereocenters. The summed E-state index contributed by atoms with van der Waals surface area (Å²) in [5, 5.41) is 2.95. The summed E-state index contributed by atoms with van der Waals surface area (Å²) in [5.41, 5.74) is 3.11. The van der Waals surface area contributed by atoms with Crippen molar-refractivity contribution in [1.82, 2.24) is 14.5 Å². The second-order valence-corrected chi connectivity index (χ2v) is 8.95. The minimum atomic E-state index is -0.845. The van der Waals surface area contributed by atoms with Gasteiger partial charge in [0.15, 0.2) is 15.3 Å². The summed E-state index contributed by atoms with van der Waals surface area (Å²) in [6.45, 7) is 0. The van der Waals surface area contributed by atoms with Crippen molar-refractivity contribution in [3.63, 3.8) is 0 Å². The number of benzene rings is 2. The van der Waals surface area contributed by atoms with Crippen molar-refractivity contribution in [2.75, 3.05) is 5.32 Å². The van der Waals surface area contributed by atoms with E-state index in [1.165, 1.54) is 17.4 Å². The lowest BCUT2D eigenvalue weighted by Gasteiger charge is -2.10. The highest BCUT2D eigenvalue weighted by Crippen LogP contribution is 2.39. The van der Waals surface area contributed by atoms with E-state index in [9.17, 15) is 13.6 Å². The fourth-order valence-electron chi connectivity index (χ4n) is 3.69. The summed E-state index contributed by atoms with van der Waals surface area (Å²) >= 11 is 13.4. The van der Waals surface area contributed by atoms with E-state index in [1.54, 1.807) is 10.9 Å². The van der Waals surface area contributed by atoms with E-state index >= 15 is 0 Å². The molecule has 5 rings (SSSR count). The number of aryl methyl sites for hydroxylation is 2. The number of anilines is 1. The van der Waals surface area contributed by atoms with E-state index in [4.69, 9.17) is 23.2 Å². The Morgan fingerprint density at radius 1 is 1.12 bits per heavy atom. The molecule has 4 aromatic rings. The van der Waals surface area contributed by atoms with Crippen LogP contribution >= 0.6 is 34.5 Å². The van der Waals surface area contributed by atoms with E-state index in [0.717, 1.165) is 52.4 Å². The van der Waals surface area contributed by atoms with Crippen molar-refractivity contribution in [2.24, 2.45) is 0 Å². The molecule has 32 heavy (non-hydrogen) atoms. The Morgan fingerprint density at radius 3 is 2.62 bits per heavy atom. The van der Waals surface area contributed by atoms with Crippen molar-refractivity contribution in [3.8, 4) is 16.1 Å². The van der Waals surface area contributed by atoms with Crippen LogP contribution in [0.3, 0.4) is 0 Å². The van der Waals surface area contributed by atoms with E-state index in [0.29, 0.717) is 11.6 Å². The third-order valence-electron chi connectivity index (χ3n) is 5.24. The Balaban J connectivity index is 1.54. The van der Waals surface area contributed by atoms with Gasteiger partial charge in [0.2, 0.25) is 0 Å². The number of hydrogen-bond donors (Lipinski definition) is 1. The van der Waals surface area contributed by atoms with Gasteiger partial charge in [0, 0.05) is 5.69 Å². The maximum atomic E-state index is 13.9. The third kappa shape index (κ3) is 3.68. The van der Waals surface area contributed by atoms with Crippen LogP contribution < -0.4 is 5.32 Å². The van der Waals surface area contributed by atoms with Crippen LogP contribution in [0.4, 0.5) is 14.5 Å². The number of thiazole rings is 1. The number of rotatable bonds is 3. The van der Waals surface area contributed by atoms with Gasteiger partial charge in [-0.05, 0) is 54.7 Å². The van der Waals surface area contributed by atoms with E-state index in [2.05, 4.69) is 15.3 Å². The maximum absolute atomic E-state index is 13.9. The zero-order valence-corrected chi connectivity index (χ0v) is 18.7. The molecule has 0 aliphatic heterocycles. The second-order valence-electron chi connectivity index (χ2n) is 7.24. The third-order valence-corrected chi connectivity index (χ3v) is 7.10. The molecule has 0 atom stereocenters. The molecule has 1 aliphatic carbocycles. The van der Waals surface area contributed by atoms with Crippen molar-refractivity contribution < 1.29 is 13.6 Å². The largest absolute Gasteiger partial charge is 0.315 e. The van der Waals surface area contributed by atoms with Gasteiger partial charge in [-0.15, -0.1) is 11.3 Å².